The Kier molecular flexibility index (Phi) is 1.39. The van der Waals surface area contributed by atoms with E-state index in [4.69, 9.17) is 0 Å². The fourth-order valence-corrected chi connectivity index (χ4v) is 0.795. The largest absolute Gasteiger partial charge is 0.458 e. The van der Waals surface area contributed by atoms with Gasteiger partial charge in [0.2, 0.25) is 3.23 Å². The number of hydrogen-bond acceptors (Lipinski definition) is 2. The van der Waals surface area contributed by atoms with E-state index in [2.05, 4.69) is 36.6 Å². The van der Waals surface area contributed by atoms with E-state index >= 15 is 0 Å². The molecule has 2 nitrogen and oxygen atoms in total. The minimum atomic E-state index is -0.597. The van der Waals surface area contributed by atoms with Gasteiger partial charge in [-0.2, -0.15) is 0 Å². The molecular formula is C4H4Br2O2. The van der Waals surface area contributed by atoms with Crippen LogP contribution in [0.3, 0.4) is 0 Å². The molecule has 1 unspecified atom stereocenters. The van der Waals surface area contributed by atoms with Crippen LogP contribution >= 0.6 is 31.9 Å². The highest BCUT2D eigenvalue weighted by molar-refractivity contribution is 9.26. The van der Waals surface area contributed by atoms with Gasteiger partial charge in [0.15, 0.2) is 0 Å². The van der Waals surface area contributed by atoms with Gasteiger partial charge in [-0.1, -0.05) is 31.9 Å². The first-order valence-electron chi connectivity index (χ1n) is 2.14. The molecule has 1 saturated heterocycles. The highest BCUT2D eigenvalue weighted by Crippen LogP contribution is 2.41. The number of carbonyl (C=O) groups is 1. The predicted octanol–water partition coefficient (Wildman–Crippen LogP) is 1.42. The second-order valence-electron chi connectivity index (χ2n) is 1.67. The van der Waals surface area contributed by atoms with Crippen LogP contribution < -0.4 is 0 Å². The summed E-state index contributed by atoms with van der Waals surface area (Å²) < 4.78 is 4.02. The molecule has 0 amide bonds. The van der Waals surface area contributed by atoms with Gasteiger partial charge in [0.25, 0.3) is 0 Å². The number of halogens is 2. The zero-order valence-electron chi connectivity index (χ0n) is 4.15. The van der Waals surface area contributed by atoms with Gasteiger partial charge >= 0.3 is 5.97 Å². The molecule has 0 aromatic rings. The van der Waals surface area contributed by atoms with E-state index in [-0.39, 0.29) is 12.1 Å². The van der Waals surface area contributed by atoms with Crippen molar-refractivity contribution in [2.45, 2.75) is 16.3 Å². The van der Waals surface area contributed by atoms with Crippen molar-refractivity contribution < 1.29 is 9.53 Å². The number of alkyl halides is 2. The van der Waals surface area contributed by atoms with E-state index in [1.165, 1.54) is 0 Å². The number of rotatable bonds is 0. The number of ether oxygens (including phenoxy) is 1. The number of carbonyl (C=O) groups excluding carboxylic acids is 1. The zero-order valence-corrected chi connectivity index (χ0v) is 7.32. The maximum atomic E-state index is 10.4. The third kappa shape index (κ3) is 0.702. The summed E-state index contributed by atoms with van der Waals surface area (Å²) in [4.78, 5) is 10.4. The zero-order chi connectivity index (χ0) is 6.36. The summed E-state index contributed by atoms with van der Waals surface area (Å²) in [6.07, 6.45) is -0.0602. The molecule has 0 spiro atoms. The predicted molar refractivity (Wildman–Crippen MR) is 36.1 cm³/mol. The lowest BCUT2D eigenvalue weighted by Gasteiger charge is -2.35. The SMILES string of the molecule is CC1OC(=O)C1(Br)Br. The summed E-state index contributed by atoms with van der Waals surface area (Å²) >= 11 is 6.27. The van der Waals surface area contributed by atoms with Crippen LogP contribution in [0.15, 0.2) is 0 Å². The Labute approximate surface area is 63.8 Å². The van der Waals surface area contributed by atoms with E-state index in [9.17, 15) is 4.79 Å². The lowest BCUT2D eigenvalue weighted by atomic mass is 10.2. The first-order valence-corrected chi connectivity index (χ1v) is 3.72. The van der Waals surface area contributed by atoms with Crippen molar-refractivity contribution >= 4 is 37.8 Å². The van der Waals surface area contributed by atoms with Crippen LogP contribution in [0, 0.1) is 0 Å². The molecule has 1 aliphatic heterocycles. The molecule has 4 heteroatoms. The molecule has 1 heterocycles. The summed E-state index contributed by atoms with van der Waals surface area (Å²) in [6, 6.07) is 0. The minimum absolute atomic E-state index is 0.0602. The minimum Gasteiger partial charge on any atom is -0.458 e. The molecule has 0 aliphatic carbocycles. The Bertz CT molecular complexity index is 132. The quantitative estimate of drug-likeness (QED) is 0.475. The van der Waals surface area contributed by atoms with Gasteiger partial charge in [0.05, 0.1) is 0 Å². The molecule has 1 atom stereocenters. The summed E-state index contributed by atoms with van der Waals surface area (Å²) in [5, 5.41) is 0. The van der Waals surface area contributed by atoms with Crippen LogP contribution in [-0.4, -0.2) is 15.3 Å². The first-order chi connectivity index (χ1) is 3.55. The van der Waals surface area contributed by atoms with Gasteiger partial charge < -0.3 is 4.74 Å². The van der Waals surface area contributed by atoms with Crippen LogP contribution in [0.2, 0.25) is 0 Å². The van der Waals surface area contributed by atoms with Crippen molar-refractivity contribution in [1.29, 1.82) is 0 Å². The topological polar surface area (TPSA) is 26.3 Å². The molecule has 0 N–H and O–H groups in total. The van der Waals surface area contributed by atoms with Crippen LogP contribution in [-0.2, 0) is 9.53 Å². The summed E-state index contributed by atoms with van der Waals surface area (Å²) in [7, 11) is 0. The Morgan fingerprint density at radius 2 is 2.25 bits per heavy atom. The van der Waals surface area contributed by atoms with Gasteiger partial charge in [-0.15, -0.1) is 0 Å². The highest BCUT2D eigenvalue weighted by Gasteiger charge is 2.52. The average molecular weight is 244 g/mol. The third-order valence-corrected chi connectivity index (χ3v) is 3.00. The van der Waals surface area contributed by atoms with Gasteiger partial charge in [0.1, 0.15) is 6.10 Å². The molecule has 0 bridgehead atoms. The Balaban J connectivity index is 2.66. The lowest BCUT2D eigenvalue weighted by Crippen LogP contribution is -2.52. The normalized spacial score (nSPS) is 33.4. The Morgan fingerprint density at radius 3 is 2.25 bits per heavy atom. The molecule has 1 fully saturated rings. The first kappa shape index (κ1) is 6.55. The van der Waals surface area contributed by atoms with Gasteiger partial charge in [-0.05, 0) is 6.92 Å². The molecule has 0 aromatic heterocycles. The maximum Gasteiger partial charge on any atom is 0.338 e. The molecule has 1 aliphatic rings. The van der Waals surface area contributed by atoms with E-state index in [0.717, 1.165) is 0 Å². The third-order valence-electron chi connectivity index (χ3n) is 1.07. The van der Waals surface area contributed by atoms with Crippen molar-refractivity contribution in [3.63, 3.8) is 0 Å². The molecule has 46 valence electrons. The summed E-state index contributed by atoms with van der Waals surface area (Å²) in [5.41, 5.74) is 0. The molecule has 0 saturated carbocycles. The monoisotopic (exact) mass is 242 g/mol. The molecule has 8 heavy (non-hydrogen) atoms. The van der Waals surface area contributed by atoms with E-state index in [0.29, 0.717) is 0 Å². The van der Waals surface area contributed by atoms with Crippen molar-refractivity contribution in [2.75, 3.05) is 0 Å². The van der Waals surface area contributed by atoms with Crippen molar-refractivity contribution in [1.82, 2.24) is 0 Å². The Morgan fingerprint density at radius 1 is 1.75 bits per heavy atom. The molecule has 1 rings (SSSR count). The Hall–Kier alpha value is 0.430. The number of esters is 1. The maximum absolute atomic E-state index is 10.4. The van der Waals surface area contributed by atoms with E-state index in [1.807, 2.05) is 6.92 Å². The summed E-state index contributed by atoms with van der Waals surface area (Å²) in [6.45, 7) is 1.81. The van der Waals surface area contributed by atoms with E-state index in [1.54, 1.807) is 0 Å². The standard InChI is InChI=1S/C4H4Br2O2/c1-2-4(5,6)3(7)8-2/h2H,1H3. The fraction of sp³-hybridized carbons (Fsp3) is 0.750. The van der Waals surface area contributed by atoms with E-state index < -0.39 is 3.23 Å². The van der Waals surface area contributed by atoms with Crippen molar-refractivity contribution in [2.24, 2.45) is 0 Å². The van der Waals surface area contributed by atoms with Gasteiger partial charge in [-0.25, -0.2) is 4.79 Å². The lowest BCUT2D eigenvalue weighted by molar-refractivity contribution is -0.167. The highest BCUT2D eigenvalue weighted by atomic mass is 79.9. The second kappa shape index (κ2) is 1.70. The second-order valence-corrected chi connectivity index (χ2v) is 5.24. The molecule has 0 aromatic carbocycles. The number of cyclic esters (lactones) is 1. The van der Waals surface area contributed by atoms with Crippen LogP contribution in [0.4, 0.5) is 0 Å². The van der Waals surface area contributed by atoms with Crippen molar-refractivity contribution in [3.8, 4) is 0 Å². The van der Waals surface area contributed by atoms with Crippen LogP contribution in [0.1, 0.15) is 6.92 Å². The molecule has 0 radical (unpaired) electrons. The summed E-state index contributed by atoms with van der Waals surface area (Å²) in [5.74, 6) is -0.245. The van der Waals surface area contributed by atoms with Gasteiger partial charge in [-0.3, -0.25) is 0 Å². The molecular weight excluding hydrogens is 240 g/mol. The van der Waals surface area contributed by atoms with Gasteiger partial charge in [0, 0.05) is 0 Å². The average Bonchev–Trinajstić information content (AvgIpc) is 1.68. The van der Waals surface area contributed by atoms with Crippen molar-refractivity contribution in [3.05, 3.63) is 0 Å². The van der Waals surface area contributed by atoms with Crippen LogP contribution in [0.25, 0.3) is 0 Å². The number of hydrogen-bond donors (Lipinski definition) is 0. The smallest absolute Gasteiger partial charge is 0.338 e. The fourth-order valence-electron chi connectivity index (χ4n) is 0.421. The van der Waals surface area contributed by atoms with Crippen LogP contribution in [0.5, 0.6) is 0 Å².